The third-order valence-corrected chi connectivity index (χ3v) is 0.817. The Kier molecular flexibility index (Phi) is 1.69. The van der Waals surface area contributed by atoms with Gasteiger partial charge in [0.05, 0.1) is 24.7 Å². The second-order valence-corrected chi connectivity index (χ2v) is 1.49. The van der Waals surface area contributed by atoms with Crippen LogP contribution in [0, 0.1) is 5.95 Å². The molecule has 0 unspecified atom stereocenters. The zero-order valence-electron chi connectivity index (χ0n) is 4.58. The Balaban J connectivity index is 2.94. The topological polar surface area (TPSA) is 46.0 Å². The summed E-state index contributed by atoms with van der Waals surface area (Å²) >= 11 is 0. The maximum Gasteiger partial charge on any atom is 0.231 e. The van der Waals surface area contributed by atoms with Crippen LogP contribution in [-0.2, 0) is 6.61 Å². The van der Waals surface area contributed by atoms with Gasteiger partial charge in [-0.15, -0.1) is 0 Å². The van der Waals surface area contributed by atoms with Crippen LogP contribution in [0.4, 0.5) is 4.39 Å². The monoisotopic (exact) mass is 128 g/mol. The Morgan fingerprint density at radius 3 is 2.78 bits per heavy atom. The first-order valence-corrected chi connectivity index (χ1v) is 2.40. The van der Waals surface area contributed by atoms with Crippen LogP contribution in [-0.4, -0.2) is 15.1 Å². The highest BCUT2D eigenvalue weighted by molar-refractivity contribution is 4.92. The van der Waals surface area contributed by atoms with E-state index < -0.39 is 5.95 Å². The second kappa shape index (κ2) is 2.50. The fraction of sp³-hybridized carbons (Fsp3) is 0.200. The van der Waals surface area contributed by atoms with Crippen LogP contribution in [0.5, 0.6) is 0 Å². The molecule has 4 heteroatoms. The second-order valence-electron chi connectivity index (χ2n) is 1.49. The van der Waals surface area contributed by atoms with E-state index in [9.17, 15) is 4.39 Å². The van der Waals surface area contributed by atoms with Crippen LogP contribution in [0.1, 0.15) is 5.69 Å². The molecule has 0 aliphatic carbocycles. The highest BCUT2D eigenvalue weighted by Crippen LogP contribution is 1.92. The lowest BCUT2D eigenvalue weighted by atomic mass is 10.5. The van der Waals surface area contributed by atoms with Gasteiger partial charge in [-0.05, 0) is 0 Å². The van der Waals surface area contributed by atoms with E-state index in [1.165, 1.54) is 6.20 Å². The van der Waals surface area contributed by atoms with E-state index in [4.69, 9.17) is 5.11 Å². The summed E-state index contributed by atoms with van der Waals surface area (Å²) < 4.78 is 12.1. The molecule has 48 valence electrons. The van der Waals surface area contributed by atoms with E-state index in [-0.39, 0.29) is 12.3 Å². The van der Waals surface area contributed by atoms with Crippen molar-refractivity contribution in [3.63, 3.8) is 0 Å². The van der Waals surface area contributed by atoms with Crippen LogP contribution in [0.2, 0.25) is 0 Å². The standard InChI is InChI=1S/C5H5FN2O/c6-5-2-7-1-4(3-9)8-5/h1-2,9H,3H2. The molecule has 1 aromatic rings. The lowest BCUT2D eigenvalue weighted by Crippen LogP contribution is -1.92. The first-order chi connectivity index (χ1) is 4.33. The zero-order chi connectivity index (χ0) is 6.69. The summed E-state index contributed by atoms with van der Waals surface area (Å²) in [7, 11) is 0. The lowest BCUT2D eigenvalue weighted by molar-refractivity contribution is 0.274. The lowest BCUT2D eigenvalue weighted by Gasteiger charge is -1.90. The average molecular weight is 128 g/mol. The molecule has 0 aliphatic heterocycles. The molecule has 1 aromatic heterocycles. The molecule has 9 heavy (non-hydrogen) atoms. The predicted molar refractivity (Wildman–Crippen MR) is 27.9 cm³/mol. The maximum atomic E-state index is 12.1. The van der Waals surface area contributed by atoms with E-state index in [0.717, 1.165) is 6.20 Å². The molecular formula is C5H5FN2O. The normalized spacial score (nSPS) is 9.56. The molecule has 0 spiro atoms. The Morgan fingerprint density at radius 2 is 2.33 bits per heavy atom. The minimum atomic E-state index is -0.665. The molecule has 1 heterocycles. The van der Waals surface area contributed by atoms with Crippen LogP contribution in [0.25, 0.3) is 0 Å². The number of hydrogen-bond donors (Lipinski definition) is 1. The van der Waals surface area contributed by atoms with Gasteiger partial charge in [0.1, 0.15) is 0 Å². The molecule has 1 rings (SSSR count). The van der Waals surface area contributed by atoms with Crippen LogP contribution in [0.3, 0.4) is 0 Å². The number of aromatic nitrogens is 2. The van der Waals surface area contributed by atoms with E-state index in [0.29, 0.717) is 0 Å². The van der Waals surface area contributed by atoms with Gasteiger partial charge in [-0.1, -0.05) is 0 Å². The van der Waals surface area contributed by atoms with Crippen molar-refractivity contribution >= 4 is 0 Å². The van der Waals surface area contributed by atoms with Crippen LogP contribution < -0.4 is 0 Å². The molecule has 0 fully saturated rings. The van der Waals surface area contributed by atoms with Gasteiger partial charge in [-0.2, -0.15) is 4.39 Å². The third-order valence-electron chi connectivity index (χ3n) is 0.817. The van der Waals surface area contributed by atoms with Crippen molar-refractivity contribution in [2.45, 2.75) is 6.61 Å². The minimum absolute atomic E-state index is 0.245. The zero-order valence-corrected chi connectivity index (χ0v) is 4.58. The Labute approximate surface area is 51.2 Å². The quantitative estimate of drug-likeness (QED) is 0.583. The van der Waals surface area contributed by atoms with Crippen LogP contribution >= 0.6 is 0 Å². The van der Waals surface area contributed by atoms with Crippen LogP contribution in [0.15, 0.2) is 12.4 Å². The number of rotatable bonds is 1. The van der Waals surface area contributed by atoms with Crippen molar-refractivity contribution in [2.24, 2.45) is 0 Å². The molecule has 0 radical (unpaired) electrons. The minimum Gasteiger partial charge on any atom is -0.390 e. The summed E-state index contributed by atoms with van der Waals surface area (Å²) in [5.74, 6) is -0.665. The first kappa shape index (κ1) is 6.10. The Hall–Kier alpha value is -1.03. The number of aliphatic hydroxyl groups is 1. The molecule has 0 saturated heterocycles. The molecule has 1 N–H and O–H groups in total. The summed E-state index contributed by atoms with van der Waals surface area (Å²) in [5.41, 5.74) is 0.245. The number of aliphatic hydroxyl groups excluding tert-OH is 1. The predicted octanol–water partition coefficient (Wildman–Crippen LogP) is 0.108. The van der Waals surface area contributed by atoms with E-state index in [1.54, 1.807) is 0 Å². The fourth-order valence-corrected chi connectivity index (χ4v) is 0.456. The molecule has 3 nitrogen and oxygen atoms in total. The average Bonchev–Trinajstić information content (AvgIpc) is 1.88. The van der Waals surface area contributed by atoms with E-state index >= 15 is 0 Å². The molecule has 0 saturated carbocycles. The van der Waals surface area contributed by atoms with Gasteiger partial charge >= 0.3 is 0 Å². The summed E-state index contributed by atoms with van der Waals surface area (Å²) in [4.78, 5) is 6.77. The van der Waals surface area contributed by atoms with E-state index in [1.807, 2.05) is 0 Å². The third kappa shape index (κ3) is 1.43. The van der Waals surface area contributed by atoms with Gasteiger partial charge in [0.15, 0.2) is 0 Å². The van der Waals surface area contributed by atoms with Gasteiger partial charge in [-0.3, -0.25) is 4.98 Å². The molecule has 0 atom stereocenters. The van der Waals surface area contributed by atoms with Gasteiger partial charge < -0.3 is 5.11 Å². The largest absolute Gasteiger partial charge is 0.390 e. The number of halogens is 1. The highest BCUT2D eigenvalue weighted by Gasteiger charge is 1.92. The highest BCUT2D eigenvalue weighted by atomic mass is 19.1. The summed E-state index contributed by atoms with van der Waals surface area (Å²) in [6, 6.07) is 0. The fourth-order valence-electron chi connectivity index (χ4n) is 0.456. The molecular weight excluding hydrogens is 123 g/mol. The van der Waals surface area contributed by atoms with Gasteiger partial charge in [-0.25, -0.2) is 4.98 Å². The molecule has 0 aromatic carbocycles. The van der Waals surface area contributed by atoms with Crippen molar-refractivity contribution in [3.8, 4) is 0 Å². The Morgan fingerprint density at radius 1 is 1.56 bits per heavy atom. The van der Waals surface area contributed by atoms with Crippen molar-refractivity contribution in [1.29, 1.82) is 0 Å². The number of nitrogens with zero attached hydrogens (tertiary/aromatic N) is 2. The van der Waals surface area contributed by atoms with Crippen molar-refractivity contribution in [2.75, 3.05) is 0 Å². The molecule has 0 aliphatic rings. The van der Waals surface area contributed by atoms with Crippen molar-refractivity contribution in [3.05, 3.63) is 24.0 Å². The number of hydrogen-bond acceptors (Lipinski definition) is 3. The van der Waals surface area contributed by atoms with E-state index in [2.05, 4.69) is 9.97 Å². The molecule has 0 amide bonds. The van der Waals surface area contributed by atoms with Gasteiger partial charge in [0, 0.05) is 0 Å². The smallest absolute Gasteiger partial charge is 0.231 e. The first-order valence-electron chi connectivity index (χ1n) is 2.40. The van der Waals surface area contributed by atoms with Crippen molar-refractivity contribution < 1.29 is 9.50 Å². The summed E-state index contributed by atoms with van der Waals surface area (Å²) in [6.07, 6.45) is 2.29. The van der Waals surface area contributed by atoms with Gasteiger partial charge in [0.2, 0.25) is 5.95 Å². The van der Waals surface area contributed by atoms with Gasteiger partial charge in [0.25, 0.3) is 0 Å². The summed E-state index contributed by atoms with van der Waals surface area (Å²) in [5, 5.41) is 8.39. The molecule has 0 bridgehead atoms. The Bertz CT molecular complexity index is 204. The maximum absolute atomic E-state index is 12.1. The summed E-state index contributed by atoms with van der Waals surface area (Å²) in [6.45, 7) is -0.273. The SMILES string of the molecule is OCc1cncc(F)n1. The van der Waals surface area contributed by atoms with Crippen molar-refractivity contribution in [1.82, 2.24) is 9.97 Å².